The maximum atomic E-state index is 10.1. The second kappa shape index (κ2) is 8.14. The van der Waals surface area contributed by atoms with E-state index < -0.39 is 0 Å². The minimum atomic E-state index is -0.294. The summed E-state index contributed by atoms with van der Waals surface area (Å²) < 4.78 is 11.8. The van der Waals surface area contributed by atoms with Crippen molar-refractivity contribution in [2.45, 2.75) is 44.9 Å². The van der Waals surface area contributed by atoms with E-state index in [1.807, 2.05) is 44.2 Å². The number of aromatic nitrogens is 1. The van der Waals surface area contributed by atoms with E-state index in [2.05, 4.69) is 10.1 Å². The molecule has 3 atom stereocenters. The molecule has 0 saturated carbocycles. The van der Waals surface area contributed by atoms with Crippen molar-refractivity contribution < 1.29 is 14.4 Å². The fourth-order valence-corrected chi connectivity index (χ4v) is 5.48. The maximum Gasteiger partial charge on any atom is 0.141 e. The number of aryl methyl sites for hydroxylation is 2. The average Bonchev–Trinajstić information content (AvgIpc) is 3.41. The van der Waals surface area contributed by atoms with Crippen molar-refractivity contribution in [3.05, 3.63) is 69.0 Å². The van der Waals surface area contributed by atoms with Crippen LogP contribution in [-0.4, -0.2) is 40.4 Å². The van der Waals surface area contributed by atoms with E-state index in [0.717, 1.165) is 58.8 Å². The lowest BCUT2D eigenvalue weighted by atomic mass is 10.0. The van der Waals surface area contributed by atoms with Gasteiger partial charge in [0.05, 0.1) is 17.8 Å². The summed E-state index contributed by atoms with van der Waals surface area (Å²) in [6.45, 7) is 5.34. The van der Waals surface area contributed by atoms with Gasteiger partial charge in [0, 0.05) is 34.3 Å². The first-order valence-corrected chi connectivity index (χ1v) is 11.3. The van der Waals surface area contributed by atoms with Crippen LogP contribution in [0.3, 0.4) is 0 Å². The number of halogens is 2. The van der Waals surface area contributed by atoms with Gasteiger partial charge in [-0.1, -0.05) is 40.5 Å². The van der Waals surface area contributed by atoms with Gasteiger partial charge in [0.25, 0.3) is 0 Å². The summed E-state index contributed by atoms with van der Waals surface area (Å²) in [5.41, 5.74) is 5.03. The van der Waals surface area contributed by atoms with Crippen LogP contribution in [0.5, 0.6) is 5.75 Å². The Balaban J connectivity index is 1.46. The fourth-order valence-electron chi connectivity index (χ4n) is 4.89. The third-order valence-electron chi connectivity index (χ3n) is 6.37. The minimum absolute atomic E-state index is 0.102. The van der Waals surface area contributed by atoms with Gasteiger partial charge in [-0.15, -0.1) is 0 Å². The highest BCUT2D eigenvalue weighted by molar-refractivity contribution is 6.35. The summed E-state index contributed by atoms with van der Waals surface area (Å²) in [5.74, 6) is 1.57. The second-order valence-electron chi connectivity index (χ2n) is 8.43. The molecule has 0 amide bonds. The highest BCUT2D eigenvalue weighted by Crippen LogP contribution is 2.43. The van der Waals surface area contributed by atoms with Crippen LogP contribution in [0.2, 0.25) is 10.0 Å². The molecule has 1 aliphatic carbocycles. The number of aliphatic hydroxyl groups is 1. The largest absolute Gasteiger partial charge is 0.484 e. The molecule has 1 N–H and O–H groups in total. The zero-order valence-electron chi connectivity index (χ0n) is 17.4. The van der Waals surface area contributed by atoms with Crippen LogP contribution in [-0.2, 0) is 6.42 Å². The van der Waals surface area contributed by atoms with Crippen molar-refractivity contribution in [3.63, 3.8) is 0 Å². The molecule has 2 aromatic carbocycles. The van der Waals surface area contributed by atoms with Crippen molar-refractivity contribution >= 4 is 23.2 Å². The molecule has 0 radical (unpaired) electrons. The molecule has 31 heavy (non-hydrogen) atoms. The lowest BCUT2D eigenvalue weighted by molar-refractivity contribution is 0.0818. The molecule has 2 aliphatic rings. The Kier molecular flexibility index (Phi) is 5.47. The number of hydrogen-bond donors (Lipinski definition) is 1. The first kappa shape index (κ1) is 20.8. The number of β-amino-alcohol motifs (C(OH)–C–C–N with tert-alkyl or cyclic N) is 1. The van der Waals surface area contributed by atoms with Gasteiger partial charge >= 0.3 is 0 Å². The molecular formula is C24H24Cl2N2O3. The number of fused-ring (bicyclic) bond motifs is 1. The fraction of sp³-hybridized carbons (Fsp3) is 0.375. The molecule has 5 nitrogen and oxygen atoms in total. The number of aliphatic hydroxyl groups excluding tert-OH is 1. The SMILES string of the molecule is Cc1noc(C)c1-c1ccc(O[C@H]2c3cc(Cl)cc(Cl)c3C[C@@H]2N2CCC(O)C2)cc1. The smallest absolute Gasteiger partial charge is 0.141 e. The molecule has 3 aromatic rings. The second-order valence-corrected chi connectivity index (χ2v) is 9.27. The predicted molar refractivity (Wildman–Crippen MR) is 121 cm³/mol. The Morgan fingerprint density at radius 3 is 2.58 bits per heavy atom. The van der Waals surface area contributed by atoms with Gasteiger partial charge in [0.15, 0.2) is 0 Å². The van der Waals surface area contributed by atoms with Crippen molar-refractivity contribution in [2.75, 3.05) is 13.1 Å². The summed E-state index contributed by atoms with van der Waals surface area (Å²) in [4.78, 5) is 2.30. The average molecular weight is 459 g/mol. The van der Waals surface area contributed by atoms with E-state index in [1.165, 1.54) is 0 Å². The van der Waals surface area contributed by atoms with Crippen LogP contribution < -0.4 is 4.74 Å². The molecule has 5 rings (SSSR count). The summed E-state index contributed by atoms with van der Waals surface area (Å²) in [5, 5.41) is 15.4. The Bertz CT molecular complexity index is 1090. The third kappa shape index (κ3) is 3.85. The molecule has 1 fully saturated rings. The lowest BCUT2D eigenvalue weighted by Gasteiger charge is -2.30. The molecule has 7 heteroatoms. The molecule has 0 bridgehead atoms. The molecule has 1 saturated heterocycles. The van der Waals surface area contributed by atoms with Crippen LogP contribution >= 0.6 is 23.2 Å². The van der Waals surface area contributed by atoms with Gasteiger partial charge < -0.3 is 14.4 Å². The van der Waals surface area contributed by atoms with Crippen LogP contribution in [0.4, 0.5) is 0 Å². The molecule has 1 aliphatic heterocycles. The van der Waals surface area contributed by atoms with E-state index in [4.69, 9.17) is 32.5 Å². The number of nitrogens with zero attached hydrogens (tertiary/aromatic N) is 2. The Labute approximate surface area is 191 Å². The standard InChI is InChI=1S/C24H24Cl2N2O3/c1-13-23(14(2)31-27-13)15-3-5-18(6-4-15)30-24-20-9-16(25)10-21(26)19(20)11-22(24)28-8-7-17(29)12-28/h3-6,9-10,17,22,24,29H,7-8,11-12H2,1-2H3/t17?,22-,24-/m0/s1. The summed E-state index contributed by atoms with van der Waals surface area (Å²) in [6.07, 6.45) is 1.05. The highest BCUT2D eigenvalue weighted by Gasteiger charge is 2.41. The quantitative estimate of drug-likeness (QED) is 0.568. The van der Waals surface area contributed by atoms with Gasteiger partial charge in [-0.3, -0.25) is 4.90 Å². The van der Waals surface area contributed by atoms with Gasteiger partial charge in [-0.25, -0.2) is 0 Å². The van der Waals surface area contributed by atoms with E-state index in [-0.39, 0.29) is 18.2 Å². The van der Waals surface area contributed by atoms with Gasteiger partial charge in [0.1, 0.15) is 17.6 Å². The molecule has 0 spiro atoms. The molecule has 162 valence electrons. The van der Waals surface area contributed by atoms with Crippen LogP contribution in [0.1, 0.15) is 35.1 Å². The van der Waals surface area contributed by atoms with Crippen LogP contribution in [0.15, 0.2) is 40.9 Å². The van der Waals surface area contributed by atoms with E-state index in [1.54, 1.807) is 6.07 Å². The monoisotopic (exact) mass is 458 g/mol. The summed E-state index contributed by atoms with van der Waals surface area (Å²) in [6, 6.07) is 11.8. The predicted octanol–water partition coefficient (Wildman–Crippen LogP) is 5.38. The van der Waals surface area contributed by atoms with Gasteiger partial charge in [-0.2, -0.15) is 0 Å². The number of likely N-dealkylation sites (tertiary alicyclic amines) is 1. The van der Waals surface area contributed by atoms with E-state index >= 15 is 0 Å². The number of ether oxygens (including phenoxy) is 1. The van der Waals surface area contributed by atoms with E-state index in [9.17, 15) is 5.11 Å². The first-order chi connectivity index (χ1) is 14.9. The first-order valence-electron chi connectivity index (χ1n) is 10.5. The van der Waals surface area contributed by atoms with Crippen molar-refractivity contribution in [1.29, 1.82) is 0 Å². The van der Waals surface area contributed by atoms with Crippen molar-refractivity contribution in [3.8, 4) is 16.9 Å². The third-order valence-corrected chi connectivity index (χ3v) is 6.92. The topological polar surface area (TPSA) is 58.7 Å². The van der Waals surface area contributed by atoms with Crippen molar-refractivity contribution in [1.82, 2.24) is 10.1 Å². The Hall–Kier alpha value is -2.05. The number of rotatable bonds is 4. The Morgan fingerprint density at radius 1 is 1.16 bits per heavy atom. The number of benzene rings is 2. The Morgan fingerprint density at radius 2 is 1.94 bits per heavy atom. The van der Waals surface area contributed by atoms with Crippen LogP contribution in [0, 0.1) is 13.8 Å². The van der Waals surface area contributed by atoms with Crippen LogP contribution in [0.25, 0.3) is 11.1 Å². The minimum Gasteiger partial charge on any atom is -0.484 e. The maximum absolute atomic E-state index is 10.1. The zero-order chi connectivity index (χ0) is 21.7. The summed E-state index contributed by atoms with van der Waals surface area (Å²) in [7, 11) is 0. The van der Waals surface area contributed by atoms with Gasteiger partial charge in [-0.05, 0) is 62.1 Å². The summed E-state index contributed by atoms with van der Waals surface area (Å²) >= 11 is 12.9. The molecular weight excluding hydrogens is 435 g/mol. The van der Waals surface area contributed by atoms with Crippen molar-refractivity contribution in [2.24, 2.45) is 0 Å². The molecule has 2 heterocycles. The lowest BCUT2D eigenvalue weighted by Crippen LogP contribution is -2.39. The highest BCUT2D eigenvalue weighted by atomic mass is 35.5. The normalized spacial score (nSPS) is 23.3. The molecule has 1 aromatic heterocycles. The number of hydrogen-bond acceptors (Lipinski definition) is 5. The van der Waals surface area contributed by atoms with Gasteiger partial charge in [0.2, 0.25) is 0 Å². The molecule has 1 unspecified atom stereocenters. The van der Waals surface area contributed by atoms with E-state index in [0.29, 0.717) is 16.6 Å². The zero-order valence-corrected chi connectivity index (χ0v) is 19.0.